The molecule has 0 saturated carbocycles. The van der Waals surface area contributed by atoms with Crippen molar-refractivity contribution < 1.29 is 14.3 Å². The monoisotopic (exact) mass is 374 g/mol. The quantitative estimate of drug-likeness (QED) is 0.880. The number of halogens is 1. The number of carbonyl (C=O) groups excluding carboxylic acids is 2. The fourth-order valence-corrected chi connectivity index (χ4v) is 3.76. The molecule has 5 nitrogen and oxygen atoms in total. The molecule has 2 rings (SSSR count). The van der Waals surface area contributed by atoms with Crippen molar-refractivity contribution in [1.82, 2.24) is 10.2 Å². The third kappa shape index (κ3) is 4.71. The van der Waals surface area contributed by atoms with Gasteiger partial charge < -0.3 is 15.0 Å². The van der Waals surface area contributed by atoms with Gasteiger partial charge in [0.25, 0.3) is 0 Å². The van der Waals surface area contributed by atoms with Gasteiger partial charge in [-0.15, -0.1) is 11.3 Å². The molecular formula is C14H19BrN2O3S. The molecule has 0 bridgehead atoms. The van der Waals surface area contributed by atoms with Crippen LogP contribution in [0.5, 0.6) is 0 Å². The predicted octanol–water partition coefficient (Wildman–Crippen LogP) is 3.00. The lowest BCUT2D eigenvalue weighted by Crippen LogP contribution is -2.45. The highest BCUT2D eigenvalue weighted by Gasteiger charge is 2.28. The maximum atomic E-state index is 12.2. The van der Waals surface area contributed by atoms with Crippen LogP contribution in [0.3, 0.4) is 0 Å². The zero-order valence-electron chi connectivity index (χ0n) is 11.9. The van der Waals surface area contributed by atoms with Gasteiger partial charge in [-0.3, -0.25) is 4.79 Å². The Labute approximate surface area is 136 Å². The van der Waals surface area contributed by atoms with Gasteiger partial charge in [0.1, 0.15) is 0 Å². The van der Waals surface area contributed by atoms with Crippen molar-refractivity contribution in [3.8, 4) is 0 Å². The number of thiophene rings is 1. The number of rotatable bonds is 4. The van der Waals surface area contributed by atoms with Crippen molar-refractivity contribution in [3.05, 3.63) is 20.8 Å². The first-order chi connectivity index (χ1) is 10.1. The zero-order chi connectivity index (χ0) is 15.2. The van der Waals surface area contributed by atoms with E-state index >= 15 is 0 Å². The molecule has 0 aromatic carbocycles. The van der Waals surface area contributed by atoms with Crippen LogP contribution in [0.15, 0.2) is 15.9 Å². The SMILES string of the molecule is CCOC(=O)N1CCCC(C(=O)NCc2ccc(Br)s2)C1. The standard InChI is InChI=1S/C14H19BrN2O3S/c1-2-20-14(19)17-7-3-4-10(9-17)13(18)16-8-11-5-6-12(15)21-11/h5-6,10H,2-4,7-9H2,1H3,(H,16,18). The first-order valence-corrected chi connectivity index (χ1v) is 8.64. The minimum absolute atomic E-state index is 0.00789. The second-order valence-corrected chi connectivity index (χ2v) is 7.46. The zero-order valence-corrected chi connectivity index (χ0v) is 14.3. The molecule has 1 unspecified atom stereocenters. The van der Waals surface area contributed by atoms with Crippen LogP contribution in [0, 0.1) is 5.92 Å². The molecule has 0 radical (unpaired) electrons. The highest BCUT2D eigenvalue weighted by atomic mass is 79.9. The molecular weight excluding hydrogens is 356 g/mol. The normalized spacial score (nSPS) is 18.4. The fraction of sp³-hybridized carbons (Fsp3) is 0.571. The second kappa shape index (κ2) is 7.79. The summed E-state index contributed by atoms with van der Waals surface area (Å²) >= 11 is 5.01. The lowest BCUT2D eigenvalue weighted by molar-refractivity contribution is -0.126. The number of amides is 2. The molecule has 1 saturated heterocycles. The van der Waals surface area contributed by atoms with Crippen LogP contribution in [0.1, 0.15) is 24.6 Å². The Morgan fingerprint density at radius 2 is 2.33 bits per heavy atom. The Hall–Kier alpha value is -1.08. The first kappa shape index (κ1) is 16.3. The number of piperidine rings is 1. The average Bonchev–Trinajstić information content (AvgIpc) is 2.91. The topological polar surface area (TPSA) is 58.6 Å². The molecule has 116 valence electrons. The van der Waals surface area contributed by atoms with E-state index in [0.717, 1.165) is 21.5 Å². The van der Waals surface area contributed by atoms with E-state index in [1.165, 1.54) is 0 Å². The Kier molecular flexibility index (Phi) is 6.05. The largest absolute Gasteiger partial charge is 0.450 e. The van der Waals surface area contributed by atoms with E-state index < -0.39 is 0 Å². The predicted molar refractivity (Wildman–Crippen MR) is 85.2 cm³/mol. The summed E-state index contributed by atoms with van der Waals surface area (Å²) in [5.41, 5.74) is 0. The molecule has 21 heavy (non-hydrogen) atoms. The van der Waals surface area contributed by atoms with Gasteiger partial charge in [0.05, 0.1) is 22.9 Å². The van der Waals surface area contributed by atoms with Gasteiger partial charge in [-0.2, -0.15) is 0 Å². The van der Waals surface area contributed by atoms with Gasteiger partial charge in [0, 0.05) is 18.0 Å². The van der Waals surface area contributed by atoms with E-state index in [1.54, 1.807) is 23.2 Å². The molecule has 1 aromatic heterocycles. The number of nitrogens with one attached hydrogen (secondary N) is 1. The lowest BCUT2D eigenvalue weighted by Gasteiger charge is -2.31. The molecule has 0 spiro atoms. The van der Waals surface area contributed by atoms with E-state index in [2.05, 4.69) is 21.2 Å². The Morgan fingerprint density at radius 1 is 1.52 bits per heavy atom. The van der Waals surface area contributed by atoms with E-state index in [-0.39, 0.29) is 17.9 Å². The average molecular weight is 375 g/mol. The van der Waals surface area contributed by atoms with Crippen LogP contribution in [0.25, 0.3) is 0 Å². The van der Waals surface area contributed by atoms with Crippen LogP contribution < -0.4 is 5.32 Å². The van der Waals surface area contributed by atoms with Gasteiger partial charge in [0.15, 0.2) is 0 Å². The van der Waals surface area contributed by atoms with Gasteiger partial charge in [-0.05, 0) is 47.8 Å². The highest BCUT2D eigenvalue weighted by Crippen LogP contribution is 2.22. The number of nitrogens with zero attached hydrogens (tertiary/aromatic N) is 1. The number of carbonyl (C=O) groups is 2. The third-order valence-electron chi connectivity index (χ3n) is 3.38. The summed E-state index contributed by atoms with van der Waals surface area (Å²) in [4.78, 5) is 26.7. The maximum absolute atomic E-state index is 12.2. The summed E-state index contributed by atoms with van der Waals surface area (Å²) in [7, 11) is 0. The Bertz CT molecular complexity index is 506. The summed E-state index contributed by atoms with van der Waals surface area (Å²) in [6, 6.07) is 3.95. The number of hydrogen-bond donors (Lipinski definition) is 1. The van der Waals surface area contributed by atoms with Crippen molar-refractivity contribution in [2.45, 2.75) is 26.3 Å². The third-order valence-corrected chi connectivity index (χ3v) is 5.01. The summed E-state index contributed by atoms with van der Waals surface area (Å²) in [6.45, 7) is 3.79. The fourth-order valence-electron chi connectivity index (χ4n) is 2.34. The van der Waals surface area contributed by atoms with Gasteiger partial charge in [0.2, 0.25) is 5.91 Å². The molecule has 1 aromatic rings. The van der Waals surface area contributed by atoms with E-state index in [0.29, 0.717) is 26.2 Å². The van der Waals surface area contributed by atoms with Crippen molar-refractivity contribution in [2.24, 2.45) is 5.92 Å². The van der Waals surface area contributed by atoms with Crippen LogP contribution in [-0.2, 0) is 16.1 Å². The van der Waals surface area contributed by atoms with E-state index in [4.69, 9.17) is 4.74 Å². The second-order valence-electron chi connectivity index (χ2n) is 4.91. The smallest absolute Gasteiger partial charge is 0.409 e. The first-order valence-electron chi connectivity index (χ1n) is 7.03. The molecule has 1 N–H and O–H groups in total. The Morgan fingerprint density at radius 3 is 3.00 bits per heavy atom. The summed E-state index contributed by atoms with van der Waals surface area (Å²) in [5.74, 6) is -0.139. The van der Waals surface area contributed by atoms with Crippen LogP contribution in [0.2, 0.25) is 0 Å². The molecule has 1 aliphatic heterocycles. The number of hydrogen-bond acceptors (Lipinski definition) is 4. The van der Waals surface area contributed by atoms with Crippen molar-refractivity contribution in [3.63, 3.8) is 0 Å². The molecule has 1 aliphatic rings. The van der Waals surface area contributed by atoms with Crippen molar-refractivity contribution in [2.75, 3.05) is 19.7 Å². The van der Waals surface area contributed by atoms with Crippen molar-refractivity contribution >= 4 is 39.3 Å². The highest BCUT2D eigenvalue weighted by molar-refractivity contribution is 9.11. The lowest BCUT2D eigenvalue weighted by atomic mass is 9.97. The summed E-state index contributed by atoms with van der Waals surface area (Å²) in [5, 5.41) is 2.95. The van der Waals surface area contributed by atoms with Gasteiger partial charge in [-0.25, -0.2) is 4.79 Å². The molecule has 2 heterocycles. The summed E-state index contributed by atoms with van der Waals surface area (Å²) in [6.07, 6.45) is 1.33. The Balaban J connectivity index is 1.82. The van der Waals surface area contributed by atoms with Gasteiger partial charge in [-0.1, -0.05) is 0 Å². The summed E-state index contributed by atoms with van der Waals surface area (Å²) < 4.78 is 6.05. The number of ether oxygens (including phenoxy) is 1. The molecule has 1 fully saturated rings. The van der Waals surface area contributed by atoms with Crippen molar-refractivity contribution in [1.29, 1.82) is 0 Å². The van der Waals surface area contributed by atoms with E-state index in [1.807, 2.05) is 12.1 Å². The molecule has 2 amide bonds. The van der Waals surface area contributed by atoms with Crippen LogP contribution in [0.4, 0.5) is 4.79 Å². The van der Waals surface area contributed by atoms with Gasteiger partial charge >= 0.3 is 6.09 Å². The molecule has 0 aliphatic carbocycles. The maximum Gasteiger partial charge on any atom is 0.409 e. The number of likely N-dealkylation sites (tertiary alicyclic amines) is 1. The van der Waals surface area contributed by atoms with Crippen LogP contribution >= 0.6 is 27.3 Å². The minimum Gasteiger partial charge on any atom is -0.450 e. The molecule has 7 heteroatoms. The minimum atomic E-state index is -0.322. The van der Waals surface area contributed by atoms with E-state index in [9.17, 15) is 9.59 Å². The van der Waals surface area contributed by atoms with Crippen LogP contribution in [-0.4, -0.2) is 36.6 Å². The molecule has 1 atom stereocenters.